The molecule has 6 nitrogen and oxygen atoms in total. The summed E-state index contributed by atoms with van der Waals surface area (Å²) in [5.74, 6) is -0.953. The largest absolute Gasteiger partial charge is 0.489 e. The van der Waals surface area contributed by atoms with Crippen LogP contribution in [0.5, 0.6) is 5.75 Å². The topological polar surface area (TPSA) is 79.8 Å². The van der Waals surface area contributed by atoms with Crippen LogP contribution in [0, 0.1) is 6.92 Å². The molecular formula is C23H21N3O3. The lowest BCUT2D eigenvalue weighted by Gasteiger charge is -2.07. The van der Waals surface area contributed by atoms with E-state index < -0.39 is 11.8 Å². The van der Waals surface area contributed by atoms with E-state index in [0.29, 0.717) is 18.0 Å². The van der Waals surface area contributed by atoms with E-state index in [1.54, 1.807) is 18.2 Å². The lowest BCUT2D eigenvalue weighted by Crippen LogP contribution is -2.32. The summed E-state index contributed by atoms with van der Waals surface area (Å²) < 4.78 is 5.76. The SMILES string of the molecule is Cc1ccc(NC(=O)C(=O)NN=Cc2cccc(OCc3ccccc3)c2)cc1. The highest BCUT2D eigenvalue weighted by Gasteiger charge is 2.12. The molecule has 0 atom stereocenters. The molecule has 0 fully saturated rings. The van der Waals surface area contributed by atoms with E-state index in [2.05, 4.69) is 15.8 Å². The molecule has 146 valence electrons. The number of amides is 2. The Bertz CT molecular complexity index is 999. The van der Waals surface area contributed by atoms with Crippen LogP contribution in [-0.4, -0.2) is 18.0 Å². The highest BCUT2D eigenvalue weighted by atomic mass is 16.5. The number of hydrogen-bond acceptors (Lipinski definition) is 4. The molecule has 0 aliphatic rings. The van der Waals surface area contributed by atoms with Crippen molar-refractivity contribution in [2.75, 3.05) is 5.32 Å². The number of aryl methyl sites for hydroxylation is 1. The van der Waals surface area contributed by atoms with Gasteiger partial charge < -0.3 is 10.1 Å². The second-order valence-electron chi connectivity index (χ2n) is 6.37. The van der Waals surface area contributed by atoms with Crippen LogP contribution in [0.3, 0.4) is 0 Å². The molecule has 0 saturated carbocycles. The van der Waals surface area contributed by atoms with Gasteiger partial charge in [-0.2, -0.15) is 5.10 Å². The molecule has 6 heteroatoms. The minimum Gasteiger partial charge on any atom is -0.489 e. The Morgan fingerprint density at radius 1 is 0.931 bits per heavy atom. The average molecular weight is 387 g/mol. The van der Waals surface area contributed by atoms with Crippen LogP contribution in [0.25, 0.3) is 0 Å². The predicted octanol–water partition coefficient (Wildman–Crippen LogP) is 3.66. The molecule has 3 aromatic carbocycles. The van der Waals surface area contributed by atoms with Gasteiger partial charge in [-0.05, 0) is 42.3 Å². The first-order valence-electron chi connectivity index (χ1n) is 9.08. The first-order valence-corrected chi connectivity index (χ1v) is 9.08. The molecule has 0 aliphatic carbocycles. The number of hydrogen-bond donors (Lipinski definition) is 2. The van der Waals surface area contributed by atoms with Crippen LogP contribution in [-0.2, 0) is 16.2 Å². The second kappa shape index (κ2) is 9.85. The van der Waals surface area contributed by atoms with Gasteiger partial charge in [0.1, 0.15) is 12.4 Å². The maximum absolute atomic E-state index is 11.9. The van der Waals surface area contributed by atoms with Crippen molar-refractivity contribution < 1.29 is 14.3 Å². The lowest BCUT2D eigenvalue weighted by atomic mass is 10.2. The summed E-state index contributed by atoms with van der Waals surface area (Å²) in [6, 6.07) is 24.3. The quantitative estimate of drug-likeness (QED) is 0.385. The summed E-state index contributed by atoms with van der Waals surface area (Å²) >= 11 is 0. The predicted molar refractivity (Wildman–Crippen MR) is 113 cm³/mol. The van der Waals surface area contributed by atoms with Crippen LogP contribution in [0.4, 0.5) is 5.69 Å². The van der Waals surface area contributed by atoms with Gasteiger partial charge in [0.05, 0.1) is 6.21 Å². The van der Waals surface area contributed by atoms with Crippen LogP contribution in [0.1, 0.15) is 16.7 Å². The smallest absolute Gasteiger partial charge is 0.329 e. The van der Waals surface area contributed by atoms with E-state index in [1.165, 1.54) is 6.21 Å². The minimum absolute atomic E-state index is 0.456. The van der Waals surface area contributed by atoms with Crippen molar-refractivity contribution >= 4 is 23.7 Å². The molecule has 3 aromatic rings. The van der Waals surface area contributed by atoms with Gasteiger partial charge in [-0.1, -0.05) is 60.2 Å². The molecular weight excluding hydrogens is 366 g/mol. The Balaban J connectivity index is 1.51. The highest BCUT2D eigenvalue weighted by molar-refractivity contribution is 6.39. The number of hydrazone groups is 1. The zero-order valence-corrected chi connectivity index (χ0v) is 16.0. The molecule has 0 heterocycles. The fourth-order valence-corrected chi connectivity index (χ4v) is 2.47. The highest BCUT2D eigenvalue weighted by Crippen LogP contribution is 2.14. The maximum Gasteiger partial charge on any atom is 0.329 e. The molecule has 2 N–H and O–H groups in total. The fraction of sp³-hybridized carbons (Fsp3) is 0.0870. The Labute approximate surface area is 169 Å². The summed E-state index contributed by atoms with van der Waals surface area (Å²) in [4.78, 5) is 23.8. The first-order chi connectivity index (χ1) is 14.1. The van der Waals surface area contributed by atoms with E-state index in [1.807, 2.05) is 67.6 Å². The van der Waals surface area contributed by atoms with Crippen molar-refractivity contribution in [1.82, 2.24) is 5.43 Å². The number of ether oxygens (including phenoxy) is 1. The normalized spacial score (nSPS) is 10.5. The fourth-order valence-electron chi connectivity index (χ4n) is 2.47. The maximum atomic E-state index is 11.9. The molecule has 0 bridgehead atoms. The molecule has 0 unspecified atom stereocenters. The molecule has 0 spiro atoms. The number of nitrogens with zero attached hydrogens (tertiary/aromatic N) is 1. The summed E-state index contributed by atoms with van der Waals surface area (Å²) in [5.41, 5.74) is 5.62. The summed E-state index contributed by atoms with van der Waals surface area (Å²) in [6.45, 7) is 2.39. The zero-order valence-electron chi connectivity index (χ0n) is 16.0. The summed E-state index contributed by atoms with van der Waals surface area (Å²) in [6.07, 6.45) is 1.45. The van der Waals surface area contributed by atoms with Crippen molar-refractivity contribution in [2.45, 2.75) is 13.5 Å². The van der Waals surface area contributed by atoms with Crippen molar-refractivity contribution in [1.29, 1.82) is 0 Å². The zero-order chi connectivity index (χ0) is 20.5. The average Bonchev–Trinajstić information content (AvgIpc) is 2.75. The number of anilines is 1. The van der Waals surface area contributed by atoms with Gasteiger partial charge >= 0.3 is 11.8 Å². The molecule has 0 radical (unpaired) electrons. The first kappa shape index (κ1) is 19.8. The number of rotatable bonds is 6. The van der Waals surface area contributed by atoms with E-state index in [9.17, 15) is 9.59 Å². The molecule has 2 amide bonds. The van der Waals surface area contributed by atoms with Gasteiger partial charge in [0.15, 0.2) is 0 Å². The van der Waals surface area contributed by atoms with Gasteiger partial charge in [-0.15, -0.1) is 0 Å². The number of nitrogens with one attached hydrogen (secondary N) is 2. The van der Waals surface area contributed by atoms with Gasteiger partial charge in [0, 0.05) is 5.69 Å². The molecule has 29 heavy (non-hydrogen) atoms. The number of carbonyl (C=O) groups excluding carboxylic acids is 2. The van der Waals surface area contributed by atoms with E-state index >= 15 is 0 Å². The van der Waals surface area contributed by atoms with E-state index in [0.717, 1.165) is 16.7 Å². The molecule has 0 saturated heterocycles. The third kappa shape index (κ3) is 6.32. The summed E-state index contributed by atoms with van der Waals surface area (Å²) in [7, 11) is 0. The van der Waals surface area contributed by atoms with E-state index in [4.69, 9.17) is 4.74 Å². The van der Waals surface area contributed by atoms with Crippen molar-refractivity contribution in [2.24, 2.45) is 5.10 Å². The van der Waals surface area contributed by atoms with Crippen LogP contribution in [0.15, 0.2) is 84.0 Å². The molecule has 0 aliphatic heterocycles. The Morgan fingerprint density at radius 2 is 1.69 bits per heavy atom. The van der Waals surface area contributed by atoms with Gasteiger partial charge in [-0.25, -0.2) is 5.43 Å². The van der Waals surface area contributed by atoms with Gasteiger partial charge in [0.25, 0.3) is 0 Å². The number of carbonyl (C=O) groups is 2. The van der Waals surface area contributed by atoms with Gasteiger partial charge in [-0.3, -0.25) is 9.59 Å². The van der Waals surface area contributed by atoms with E-state index in [-0.39, 0.29) is 0 Å². The lowest BCUT2D eigenvalue weighted by molar-refractivity contribution is -0.136. The minimum atomic E-state index is -0.849. The third-order valence-electron chi connectivity index (χ3n) is 4.00. The number of benzene rings is 3. The van der Waals surface area contributed by atoms with Crippen molar-refractivity contribution in [3.63, 3.8) is 0 Å². The Morgan fingerprint density at radius 3 is 2.45 bits per heavy atom. The third-order valence-corrected chi connectivity index (χ3v) is 4.00. The summed E-state index contributed by atoms with van der Waals surface area (Å²) in [5, 5.41) is 6.35. The monoisotopic (exact) mass is 387 g/mol. The Hall–Kier alpha value is -3.93. The van der Waals surface area contributed by atoms with Crippen LogP contribution < -0.4 is 15.5 Å². The second-order valence-corrected chi connectivity index (χ2v) is 6.37. The van der Waals surface area contributed by atoms with Crippen molar-refractivity contribution in [3.8, 4) is 5.75 Å². The van der Waals surface area contributed by atoms with Crippen molar-refractivity contribution in [3.05, 3.63) is 95.6 Å². The molecule has 0 aromatic heterocycles. The van der Waals surface area contributed by atoms with Gasteiger partial charge in [0.2, 0.25) is 0 Å². The van der Waals surface area contributed by atoms with Crippen LogP contribution >= 0.6 is 0 Å². The Kier molecular flexibility index (Phi) is 6.73. The molecule has 3 rings (SSSR count). The van der Waals surface area contributed by atoms with Crippen LogP contribution in [0.2, 0.25) is 0 Å². The standard InChI is InChI=1S/C23H21N3O3/c1-17-10-12-20(13-11-17)25-22(27)23(28)26-24-15-19-8-5-9-21(14-19)29-16-18-6-3-2-4-7-18/h2-15H,16H2,1H3,(H,25,27)(H,26,28).